The van der Waals surface area contributed by atoms with Gasteiger partial charge in [-0.2, -0.15) is 0 Å². The molecule has 2 fully saturated rings. The van der Waals surface area contributed by atoms with Gasteiger partial charge in [-0.25, -0.2) is 8.42 Å². The van der Waals surface area contributed by atoms with Crippen LogP contribution in [0.3, 0.4) is 0 Å². The molecule has 0 amide bonds. The standard InChI is InChI=1S/C11H21NO2S/c1-11(2)9(6-8-15(11,13)14)10-5-3-4-7-12-10/h9-10,12H,3-8H2,1-2H3. The van der Waals surface area contributed by atoms with Crippen LogP contribution in [0.4, 0.5) is 0 Å². The molecule has 0 aliphatic carbocycles. The van der Waals surface area contributed by atoms with Crippen molar-refractivity contribution in [2.45, 2.75) is 50.3 Å². The van der Waals surface area contributed by atoms with Crippen molar-refractivity contribution in [3.63, 3.8) is 0 Å². The van der Waals surface area contributed by atoms with Crippen molar-refractivity contribution in [2.75, 3.05) is 12.3 Å². The topological polar surface area (TPSA) is 46.2 Å². The largest absolute Gasteiger partial charge is 0.314 e. The number of nitrogens with one attached hydrogen (secondary N) is 1. The monoisotopic (exact) mass is 231 g/mol. The molecule has 2 aliphatic rings. The van der Waals surface area contributed by atoms with Gasteiger partial charge in [-0.1, -0.05) is 6.42 Å². The molecule has 2 heterocycles. The fourth-order valence-electron chi connectivity index (χ4n) is 3.03. The molecule has 0 radical (unpaired) electrons. The van der Waals surface area contributed by atoms with E-state index in [-0.39, 0.29) is 0 Å². The normalized spacial score (nSPS) is 39.1. The SMILES string of the molecule is CC1(C)C(C2CCCCN2)CCS1(=O)=O. The maximum Gasteiger partial charge on any atom is 0.155 e. The fraction of sp³-hybridized carbons (Fsp3) is 1.00. The van der Waals surface area contributed by atoms with E-state index in [1.807, 2.05) is 13.8 Å². The molecular formula is C11H21NO2S. The van der Waals surface area contributed by atoms with E-state index in [1.165, 1.54) is 12.8 Å². The van der Waals surface area contributed by atoms with Crippen LogP contribution in [-0.2, 0) is 9.84 Å². The Morgan fingerprint density at radius 1 is 1.20 bits per heavy atom. The molecule has 3 nitrogen and oxygen atoms in total. The molecule has 0 bridgehead atoms. The summed E-state index contributed by atoms with van der Waals surface area (Å²) < 4.78 is 23.3. The molecule has 2 atom stereocenters. The average Bonchev–Trinajstić information content (AvgIpc) is 2.39. The summed E-state index contributed by atoms with van der Waals surface area (Å²) in [7, 11) is -2.86. The maximum atomic E-state index is 11.9. The average molecular weight is 231 g/mol. The maximum absolute atomic E-state index is 11.9. The Labute approximate surface area is 92.6 Å². The first kappa shape index (κ1) is 11.4. The summed E-state index contributed by atoms with van der Waals surface area (Å²) in [6, 6.07) is 0.422. The summed E-state index contributed by atoms with van der Waals surface area (Å²) in [6.45, 7) is 4.85. The Hall–Kier alpha value is -0.0900. The number of hydrogen-bond acceptors (Lipinski definition) is 3. The van der Waals surface area contributed by atoms with Crippen LogP contribution < -0.4 is 5.32 Å². The molecule has 15 heavy (non-hydrogen) atoms. The van der Waals surface area contributed by atoms with Crippen LogP contribution >= 0.6 is 0 Å². The van der Waals surface area contributed by atoms with Crippen LogP contribution in [0.25, 0.3) is 0 Å². The second-order valence-electron chi connectivity index (χ2n) is 5.37. The van der Waals surface area contributed by atoms with Crippen molar-refractivity contribution in [1.29, 1.82) is 0 Å². The van der Waals surface area contributed by atoms with Crippen molar-refractivity contribution in [3.8, 4) is 0 Å². The summed E-state index contributed by atoms with van der Waals surface area (Å²) in [5.41, 5.74) is 0. The highest BCUT2D eigenvalue weighted by molar-refractivity contribution is 7.93. The third-order valence-corrected chi connectivity index (χ3v) is 6.91. The van der Waals surface area contributed by atoms with E-state index >= 15 is 0 Å². The summed E-state index contributed by atoms with van der Waals surface area (Å²) in [5, 5.41) is 3.49. The van der Waals surface area contributed by atoms with Crippen LogP contribution in [0, 0.1) is 5.92 Å². The van der Waals surface area contributed by atoms with E-state index < -0.39 is 14.6 Å². The quantitative estimate of drug-likeness (QED) is 0.741. The predicted octanol–water partition coefficient (Wildman–Crippen LogP) is 1.34. The van der Waals surface area contributed by atoms with Gasteiger partial charge < -0.3 is 5.32 Å². The predicted molar refractivity (Wildman–Crippen MR) is 61.6 cm³/mol. The second-order valence-corrected chi connectivity index (χ2v) is 8.06. The van der Waals surface area contributed by atoms with Crippen LogP contribution in [0.15, 0.2) is 0 Å². The number of rotatable bonds is 1. The highest BCUT2D eigenvalue weighted by Crippen LogP contribution is 2.40. The van der Waals surface area contributed by atoms with E-state index in [1.54, 1.807) is 0 Å². The smallest absolute Gasteiger partial charge is 0.155 e. The minimum absolute atomic E-state index is 0.308. The van der Waals surface area contributed by atoms with Gasteiger partial charge in [-0.15, -0.1) is 0 Å². The zero-order valence-corrected chi connectivity index (χ0v) is 10.4. The Bertz CT molecular complexity index is 328. The third-order valence-electron chi connectivity index (χ3n) is 4.23. The van der Waals surface area contributed by atoms with Crippen molar-refractivity contribution in [3.05, 3.63) is 0 Å². The van der Waals surface area contributed by atoms with Crippen LogP contribution in [0.1, 0.15) is 39.5 Å². The summed E-state index contributed by atoms with van der Waals surface area (Å²) in [6.07, 6.45) is 4.46. The number of hydrogen-bond donors (Lipinski definition) is 1. The Morgan fingerprint density at radius 2 is 1.93 bits per heavy atom. The van der Waals surface area contributed by atoms with Crippen LogP contribution in [0.5, 0.6) is 0 Å². The molecule has 88 valence electrons. The first-order chi connectivity index (χ1) is 6.95. The van der Waals surface area contributed by atoms with E-state index in [0.717, 1.165) is 19.4 Å². The summed E-state index contributed by atoms with van der Waals surface area (Å²) >= 11 is 0. The molecule has 2 rings (SSSR count). The van der Waals surface area contributed by atoms with Crippen LogP contribution in [0.2, 0.25) is 0 Å². The molecule has 1 N–H and O–H groups in total. The van der Waals surface area contributed by atoms with Crippen molar-refractivity contribution >= 4 is 9.84 Å². The van der Waals surface area contributed by atoms with Crippen molar-refractivity contribution < 1.29 is 8.42 Å². The lowest BCUT2D eigenvalue weighted by Crippen LogP contribution is -2.48. The molecule has 0 aromatic carbocycles. The summed E-state index contributed by atoms with van der Waals surface area (Å²) in [4.78, 5) is 0. The van der Waals surface area contributed by atoms with E-state index in [4.69, 9.17) is 0 Å². The van der Waals surface area contributed by atoms with E-state index in [2.05, 4.69) is 5.32 Å². The van der Waals surface area contributed by atoms with E-state index in [9.17, 15) is 8.42 Å². The molecule has 4 heteroatoms. The first-order valence-corrected chi connectivity index (χ1v) is 7.56. The zero-order valence-electron chi connectivity index (χ0n) is 9.62. The minimum atomic E-state index is -2.86. The van der Waals surface area contributed by atoms with Gasteiger partial charge in [-0.05, 0) is 45.6 Å². The van der Waals surface area contributed by atoms with Crippen molar-refractivity contribution in [2.24, 2.45) is 5.92 Å². The molecule has 0 aromatic heterocycles. The van der Waals surface area contributed by atoms with Gasteiger partial charge in [-0.3, -0.25) is 0 Å². The molecule has 2 unspecified atom stereocenters. The number of sulfone groups is 1. The fourth-order valence-corrected chi connectivity index (χ4v) is 4.87. The molecule has 0 spiro atoms. The molecular weight excluding hydrogens is 210 g/mol. The number of piperidine rings is 1. The highest BCUT2D eigenvalue weighted by atomic mass is 32.2. The summed E-state index contributed by atoms with van der Waals surface area (Å²) in [5.74, 6) is 0.686. The highest BCUT2D eigenvalue weighted by Gasteiger charge is 2.50. The van der Waals surface area contributed by atoms with Gasteiger partial charge in [0.05, 0.1) is 10.5 Å². The van der Waals surface area contributed by atoms with Gasteiger partial charge in [0.1, 0.15) is 0 Å². The van der Waals surface area contributed by atoms with Gasteiger partial charge in [0, 0.05) is 6.04 Å². The Balaban J connectivity index is 2.17. The minimum Gasteiger partial charge on any atom is -0.314 e. The van der Waals surface area contributed by atoms with Crippen molar-refractivity contribution in [1.82, 2.24) is 5.32 Å². The lowest BCUT2D eigenvalue weighted by Gasteiger charge is -2.35. The van der Waals surface area contributed by atoms with Gasteiger partial charge in [0.25, 0.3) is 0 Å². The molecule has 2 aliphatic heterocycles. The van der Waals surface area contributed by atoms with E-state index in [0.29, 0.717) is 17.7 Å². The van der Waals surface area contributed by atoms with Gasteiger partial charge in [0.15, 0.2) is 9.84 Å². The Kier molecular flexibility index (Phi) is 2.84. The first-order valence-electron chi connectivity index (χ1n) is 5.91. The second kappa shape index (κ2) is 3.74. The van der Waals surface area contributed by atoms with Gasteiger partial charge in [0.2, 0.25) is 0 Å². The van der Waals surface area contributed by atoms with Gasteiger partial charge >= 0.3 is 0 Å². The zero-order chi connectivity index (χ0) is 11.1. The third kappa shape index (κ3) is 1.82. The Morgan fingerprint density at radius 3 is 2.40 bits per heavy atom. The molecule has 0 aromatic rings. The lowest BCUT2D eigenvalue weighted by molar-refractivity contribution is 0.258. The lowest BCUT2D eigenvalue weighted by atomic mass is 9.82. The molecule has 0 saturated carbocycles. The molecule has 2 saturated heterocycles. The van der Waals surface area contributed by atoms with Crippen LogP contribution in [-0.4, -0.2) is 31.5 Å².